The average Bonchev–Trinajstić information content (AvgIpc) is 3.54. The quantitative estimate of drug-likeness (QED) is 0.0938. The summed E-state index contributed by atoms with van der Waals surface area (Å²) < 4.78 is 13.0. The number of nitrogens with one attached hydrogen (secondary N) is 2. The molecule has 0 aliphatic carbocycles. The number of hydrogen-bond donors (Lipinski definition) is 3. The molecule has 1 aromatic heterocycles. The number of nitrogens with zero attached hydrogens (tertiary/aromatic N) is 3. The van der Waals surface area contributed by atoms with Crippen molar-refractivity contribution < 1.29 is 28.7 Å². The molecule has 3 aromatic carbocycles. The number of carboxylic acids is 1. The second kappa shape index (κ2) is 12.9. The van der Waals surface area contributed by atoms with Crippen LogP contribution in [0.3, 0.4) is 0 Å². The van der Waals surface area contributed by atoms with E-state index in [9.17, 15) is 23.9 Å². The van der Waals surface area contributed by atoms with Crippen molar-refractivity contribution in [1.82, 2.24) is 15.2 Å². The van der Waals surface area contributed by atoms with Gasteiger partial charge in [0.1, 0.15) is 28.3 Å². The molecular formula is C32H26FN5O5S2. The van der Waals surface area contributed by atoms with E-state index in [-0.39, 0.29) is 17.1 Å². The van der Waals surface area contributed by atoms with Gasteiger partial charge >= 0.3 is 5.97 Å². The molecule has 2 amide bonds. The first-order valence-electron chi connectivity index (χ1n) is 13.8. The number of halogens is 1. The molecule has 2 atom stereocenters. The van der Waals surface area contributed by atoms with Gasteiger partial charge < -0.3 is 20.6 Å². The number of β-lactam (4-membered cyclic amide) rings is 1. The third kappa shape index (κ3) is 5.67. The highest BCUT2D eigenvalue weighted by atomic mass is 32.2. The number of rotatable bonds is 11. The van der Waals surface area contributed by atoms with E-state index in [0.717, 1.165) is 21.6 Å². The standard InChI is InChI=1S/C32H26FN5O5S2/c33-19-43-37-25(27(39)35-26-28(40)38-24(30(41)42)16-17-44-29(26)38)23-18-45-31(34-23)36-32(20-10-4-1-5-11-20,21-12-6-2-7-13-21)22-14-8-3-9-15-22/h1-16,18,26,29H,17,19H2,(H,34,36)(H,35,39)(H,41,42)/b37-25-/t26-,29-/m1/s1. The fourth-order valence-electron chi connectivity index (χ4n) is 5.42. The predicted molar refractivity (Wildman–Crippen MR) is 169 cm³/mol. The summed E-state index contributed by atoms with van der Waals surface area (Å²) in [6.45, 7) is -1.29. The lowest BCUT2D eigenvalue weighted by Gasteiger charge is -2.48. The number of hydrogen-bond acceptors (Lipinski definition) is 9. The minimum atomic E-state index is -1.29. The van der Waals surface area contributed by atoms with Crippen LogP contribution in [0.4, 0.5) is 9.52 Å². The molecule has 3 heterocycles. The molecule has 0 bridgehead atoms. The Morgan fingerprint density at radius 2 is 1.58 bits per heavy atom. The monoisotopic (exact) mass is 643 g/mol. The van der Waals surface area contributed by atoms with Crippen LogP contribution in [-0.4, -0.2) is 62.5 Å². The number of thioether (sulfide) groups is 1. The summed E-state index contributed by atoms with van der Waals surface area (Å²) in [5.41, 5.74) is 1.59. The van der Waals surface area contributed by atoms with Crippen molar-refractivity contribution in [3.05, 3.63) is 131 Å². The van der Waals surface area contributed by atoms with Crippen LogP contribution in [0.15, 0.2) is 113 Å². The van der Waals surface area contributed by atoms with E-state index in [4.69, 9.17) is 0 Å². The first-order chi connectivity index (χ1) is 21.9. The minimum Gasteiger partial charge on any atom is -0.477 e. The van der Waals surface area contributed by atoms with Gasteiger partial charge in [-0.25, -0.2) is 14.2 Å². The molecule has 3 N–H and O–H groups in total. The first-order valence-corrected chi connectivity index (χ1v) is 15.7. The van der Waals surface area contributed by atoms with Gasteiger partial charge in [-0.1, -0.05) is 96.2 Å². The Labute approximate surface area is 265 Å². The molecule has 0 spiro atoms. The summed E-state index contributed by atoms with van der Waals surface area (Å²) in [6.07, 6.45) is 1.45. The summed E-state index contributed by atoms with van der Waals surface area (Å²) >= 11 is 2.53. The van der Waals surface area contributed by atoms with Crippen molar-refractivity contribution >= 4 is 51.7 Å². The Bertz CT molecular complexity index is 1670. The van der Waals surface area contributed by atoms with Crippen LogP contribution in [0.25, 0.3) is 0 Å². The Kier molecular flexibility index (Phi) is 8.62. The smallest absolute Gasteiger partial charge is 0.352 e. The van der Waals surface area contributed by atoms with Crippen molar-refractivity contribution in [3.8, 4) is 0 Å². The van der Waals surface area contributed by atoms with Crippen LogP contribution in [0.1, 0.15) is 22.4 Å². The number of carbonyl (C=O) groups excluding carboxylic acids is 2. The number of benzene rings is 3. The number of alkyl halides is 1. The number of fused-ring (bicyclic) bond motifs is 1. The van der Waals surface area contributed by atoms with E-state index >= 15 is 0 Å². The summed E-state index contributed by atoms with van der Waals surface area (Å²) in [6, 6.07) is 28.7. The lowest BCUT2D eigenvalue weighted by atomic mass is 9.77. The molecule has 0 saturated carbocycles. The van der Waals surface area contributed by atoms with E-state index < -0.39 is 41.6 Å². The maximum Gasteiger partial charge on any atom is 0.352 e. The maximum absolute atomic E-state index is 13.4. The Morgan fingerprint density at radius 3 is 2.11 bits per heavy atom. The second-order valence-corrected chi connectivity index (χ2v) is 12.0. The third-order valence-electron chi connectivity index (χ3n) is 7.43. The van der Waals surface area contributed by atoms with Crippen LogP contribution in [-0.2, 0) is 24.8 Å². The van der Waals surface area contributed by atoms with Gasteiger partial charge in [-0.05, 0) is 22.8 Å². The second-order valence-electron chi connectivity index (χ2n) is 9.97. The Morgan fingerprint density at radius 1 is 1.00 bits per heavy atom. The van der Waals surface area contributed by atoms with Crippen molar-refractivity contribution in [2.75, 3.05) is 17.9 Å². The number of thiazole rings is 1. The van der Waals surface area contributed by atoms with E-state index in [0.29, 0.717) is 10.9 Å². The summed E-state index contributed by atoms with van der Waals surface area (Å²) in [7, 11) is 0. The van der Waals surface area contributed by atoms with Crippen LogP contribution in [0.2, 0.25) is 0 Å². The van der Waals surface area contributed by atoms with Crippen molar-refractivity contribution in [2.45, 2.75) is 17.0 Å². The number of amides is 2. The number of carboxylic acid groups (broad SMARTS) is 1. The fraction of sp³-hybridized carbons (Fsp3) is 0.156. The van der Waals surface area contributed by atoms with Crippen molar-refractivity contribution in [2.24, 2.45) is 5.16 Å². The zero-order valence-corrected chi connectivity index (χ0v) is 25.1. The van der Waals surface area contributed by atoms with Gasteiger partial charge in [0.15, 0.2) is 10.8 Å². The zero-order valence-electron chi connectivity index (χ0n) is 23.5. The molecule has 1 saturated heterocycles. The molecule has 1 fully saturated rings. The van der Waals surface area contributed by atoms with Gasteiger partial charge in [-0.2, -0.15) is 0 Å². The van der Waals surface area contributed by atoms with Crippen LogP contribution >= 0.6 is 23.1 Å². The Hall–Kier alpha value is -5.01. The van der Waals surface area contributed by atoms with E-state index in [1.165, 1.54) is 29.2 Å². The number of carbonyl (C=O) groups is 3. The van der Waals surface area contributed by atoms with Gasteiger partial charge in [0.2, 0.25) is 0 Å². The van der Waals surface area contributed by atoms with Crippen molar-refractivity contribution in [3.63, 3.8) is 0 Å². The molecule has 6 rings (SSSR count). The molecular weight excluding hydrogens is 618 g/mol. The Balaban J connectivity index is 1.32. The zero-order chi connectivity index (χ0) is 31.4. The van der Waals surface area contributed by atoms with Gasteiger partial charge in [0.05, 0.1) is 0 Å². The van der Waals surface area contributed by atoms with Gasteiger partial charge in [0.25, 0.3) is 18.7 Å². The van der Waals surface area contributed by atoms with E-state index in [1.807, 2.05) is 91.0 Å². The van der Waals surface area contributed by atoms with Crippen LogP contribution in [0, 0.1) is 0 Å². The summed E-state index contributed by atoms with van der Waals surface area (Å²) in [5.74, 6) is -2.25. The molecule has 2 aliphatic heterocycles. The van der Waals surface area contributed by atoms with Crippen LogP contribution in [0.5, 0.6) is 0 Å². The number of anilines is 1. The minimum absolute atomic E-state index is 0.0996. The van der Waals surface area contributed by atoms with Gasteiger partial charge in [0, 0.05) is 11.1 Å². The lowest BCUT2D eigenvalue weighted by molar-refractivity contribution is -0.150. The van der Waals surface area contributed by atoms with E-state index in [2.05, 4.69) is 25.6 Å². The average molecular weight is 644 g/mol. The van der Waals surface area contributed by atoms with Crippen LogP contribution < -0.4 is 10.6 Å². The van der Waals surface area contributed by atoms with Gasteiger partial charge in [-0.3, -0.25) is 14.5 Å². The molecule has 13 heteroatoms. The number of oxime groups is 1. The molecule has 228 valence electrons. The highest BCUT2D eigenvalue weighted by Gasteiger charge is 2.53. The normalized spacial score (nSPS) is 17.9. The highest BCUT2D eigenvalue weighted by molar-refractivity contribution is 8.00. The van der Waals surface area contributed by atoms with Crippen molar-refractivity contribution in [1.29, 1.82) is 0 Å². The predicted octanol–water partition coefficient (Wildman–Crippen LogP) is 4.56. The molecule has 2 aliphatic rings. The third-order valence-corrected chi connectivity index (χ3v) is 9.37. The molecule has 10 nitrogen and oxygen atoms in total. The topological polar surface area (TPSA) is 133 Å². The largest absolute Gasteiger partial charge is 0.477 e. The molecule has 4 aromatic rings. The maximum atomic E-state index is 13.4. The summed E-state index contributed by atoms with van der Waals surface area (Å²) in [4.78, 5) is 48.2. The number of aromatic nitrogens is 1. The molecule has 45 heavy (non-hydrogen) atoms. The fourth-order valence-corrected chi connectivity index (χ4v) is 7.37. The SMILES string of the molecule is O=C(O)C1=CCS[C@@H]2[C@H](NC(=O)/C(=N\OCF)c3csc(NC(c4ccccc4)(c4ccccc4)c4ccccc4)n3)C(=O)N12. The first kappa shape index (κ1) is 30.0. The van der Waals surface area contributed by atoms with E-state index in [1.54, 1.807) is 5.38 Å². The van der Waals surface area contributed by atoms with Gasteiger partial charge in [-0.15, -0.1) is 23.1 Å². The highest BCUT2D eigenvalue weighted by Crippen LogP contribution is 2.41. The molecule has 0 unspecified atom stereocenters. The lowest BCUT2D eigenvalue weighted by Crippen LogP contribution is -2.70. The molecule has 0 radical (unpaired) electrons. The summed E-state index contributed by atoms with van der Waals surface area (Å²) in [5, 5.41) is 20.8. The number of aliphatic carboxylic acids is 1.